The molecule has 9 heteroatoms. The molecule has 0 unspecified atom stereocenters. The number of carbonyl (C=O) groups is 2. The summed E-state index contributed by atoms with van der Waals surface area (Å²) >= 11 is 0. The molecule has 2 rings (SSSR count). The first-order valence-electron chi connectivity index (χ1n) is 8.51. The van der Waals surface area contributed by atoms with Crippen LogP contribution in [0.2, 0.25) is 0 Å². The van der Waals surface area contributed by atoms with Crippen LogP contribution in [-0.4, -0.2) is 33.5 Å². The topological polar surface area (TPSA) is 111 Å². The minimum atomic E-state index is -4.00. The molecule has 2 aromatic carbocycles. The highest BCUT2D eigenvalue weighted by molar-refractivity contribution is 7.89. The highest BCUT2D eigenvalue weighted by Gasteiger charge is 2.16. The monoisotopic (exact) mass is 406 g/mol. The molecule has 0 fully saturated rings. The van der Waals surface area contributed by atoms with E-state index < -0.39 is 21.9 Å². The zero-order chi connectivity index (χ0) is 20.7. The van der Waals surface area contributed by atoms with Gasteiger partial charge in [-0.3, -0.25) is 10.2 Å². The van der Waals surface area contributed by atoms with Crippen molar-refractivity contribution >= 4 is 21.9 Å². The number of hydrazine groups is 1. The Kier molecular flexibility index (Phi) is 7.13. The van der Waals surface area contributed by atoms with Gasteiger partial charge in [-0.2, -0.15) is 0 Å². The van der Waals surface area contributed by atoms with Gasteiger partial charge in [0, 0.05) is 0 Å². The Morgan fingerprint density at radius 3 is 2.36 bits per heavy atom. The van der Waals surface area contributed by atoms with E-state index in [2.05, 4.69) is 5.43 Å². The Balaban J connectivity index is 1.92. The summed E-state index contributed by atoms with van der Waals surface area (Å²) in [5, 5.41) is 0. The lowest BCUT2D eigenvalue weighted by molar-refractivity contribution is -0.123. The van der Waals surface area contributed by atoms with E-state index in [9.17, 15) is 18.0 Å². The van der Waals surface area contributed by atoms with Crippen molar-refractivity contribution in [2.75, 3.05) is 13.2 Å². The normalized spacial score (nSPS) is 11.0. The number of amides is 1. The van der Waals surface area contributed by atoms with E-state index in [-0.39, 0.29) is 23.7 Å². The van der Waals surface area contributed by atoms with E-state index in [1.54, 1.807) is 13.0 Å². The third kappa shape index (κ3) is 5.80. The van der Waals surface area contributed by atoms with Crippen molar-refractivity contribution in [3.8, 4) is 5.75 Å². The van der Waals surface area contributed by atoms with Crippen molar-refractivity contribution in [3.63, 3.8) is 0 Å². The molecule has 1 amide bonds. The fourth-order valence-corrected chi connectivity index (χ4v) is 3.07. The van der Waals surface area contributed by atoms with Crippen LogP contribution in [0.3, 0.4) is 0 Å². The average molecular weight is 406 g/mol. The number of aryl methyl sites for hydroxylation is 2. The highest BCUT2D eigenvalue weighted by atomic mass is 32.2. The second kappa shape index (κ2) is 9.34. The lowest BCUT2D eigenvalue weighted by Crippen LogP contribution is -2.43. The fraction of sp³-hybridized carbons (Fsp3) is 0.263. The van der Waals surface area contributed by atoms with Crippen molar-refractivity contribution in [1.29, 1.82) is 0 Å². The maximum Gasteiger partial charge on any atom is 0.338 e. The van der Waals surface area contributed by atoms with E-state index in [0.29, 0.717) is 5.75 Å². The molecule has 0 atom stereocenters. The Hall–Kier alpha value is -2.91. The zero-order valence-corrected chi connectivity index (χ0v) is 16.6. The summed E-state index contributed by atoms with van der Waals surface area (Å²) in [7, 11) is -4.00. The van der Waals surface area contributed by atoms with Crippen molar-refractivity contribution in [2.45, 2.75) is 25.7 Å². The second-order valence-corrected chi connectivity index (χ2v) is 7.64. The first-order chi connectivity index (χ1) is 13.2. The van der Waals surface area contributed by atoms with Gasteiger partial charge in [-0.25, -0.2) is 13.2 Å². The summed E-state index contributed by atoms with van der Waals surface area (Å²) in [6, 6.07) is 10.7. The number of sulfonamides is 1. The number of benzene rings is 2. The standard InChI is InChI=1S/C19H22N2O6S/c1-4-26-19(23)15-7-9-16(10-8-15)28(24,25)21-20-18(22)12-27-17-11-13(2)5-6-14(17)3/h5-11,21H,4,12H2,1-3H3,(H,20,22). The van der Waals surface area contributed by atoms with Gasteiger partial charge in [0.2, 0.25) is 0 Å². The summed E-state index contributed by atoms with van der Waals surface area (Å²) in [4.78, 5) is 25.4. The predicted octanol–water partition coefficient (Wildman–Crippen LogP) is 1.87. The molecule has 8 nitrogen and oxygen atoms in total. The van der Waals surface area contributed by atoms with Crippen LogP contribution in [0.1, 0.15) is 28.4 Å². The zero-order valence-electron chi connectivity index (χ0n) is 15.8. The number of esters is 1. The van der Waals surface area contributed by atoms with Gasteiger partial charge >= 0.3 is 5.97 Å². The third-order valence-corrected chi connectivity index (χ3v) is 4.97. The lowest BCUT2D eigenvalue weighted by atomic mass is 10.1. The third-order valence-electron chi connectivity index (χ3n) is 3.70. The van der Waals surface area contributed by atoms with Gasteiger partial charge < -0.3 is 9.47 Å². The van der Waals surface area contributed by atoms with Gasteiger partial charge in [-0.15, -0.1) is 4.83 Å². The van der Waals surface area contributed by atoms with Gasteiger partial charge in [-0.05, 0) is 62.2 Å². The molecule has 150 valence electrons. The van der Waals surface area contributed by atoms with Crippen molar-refractivity contribution in [3.05, 3.63) is 59.2 Å². The SMILES string of the molecule is CCOC(=O)c1ccc(S(=O)(=O)NNC(=O)COc2cc(C)ccc2C)cc1. The van der Waals surface area contributed by atoms with E-state index >= 15 is 0 Å². The Morgan fingerprint density at radius 1 is 1.04 bits per heavy atom. The maximum absolute atomic E-state index is 12.2. The van der Waals surface area contributed by atoms with Crippen LogP contribution < -0.4 is 15.0 Å². The number of hydrogen-bond acceptors (Lipinski definition) is 6. The molecule has 0 bridgehead atoms. The molecule has 0 aliphatic rings. The Bertz CT molecular complexity index is 955. The first kappa shape index (κ1) is 21.4. The smallest absolute Gasteiger partial charge is 0.338 e. The van der Waals surface area contributed by atoms with Gasteiger partial charge in [0.15, 0.2) is 6.61 Å². The second-order valence-electron chi connectivity index (χ2n) is 5.96. The number of carbonyl (C=O) groups excluding carboxylic acids is 2. The van der Waals surface area contributed by atoms with E-state index in [0.717, 1.165) is 11.1 Å². The molecular formula is C19H22N2O6S. The van der Waals surface area contributed by atoms with Gasteiger partial charge in [0.25, 0.3) is 15.9 Å². The highest BCUT2D eigenvalue weighted by Crippen LogP contribution is 2.18. The minimum absolute atomic E-state index is 0.115. The van der Waals surface area contributed by atoms with Crippen LogP contribution in [0.4, 0.5) is 0 Å². The molecule has 28 heavy (non-hydrogen) atoms. The van der Waals surface area contributed by atoms with E-state index in [4.69, 9.17) is 9.47 Å². The van der Waals surface area contributed by atoms with Crippen molar-refractivity contribution in [1.82, 2.24) is 10.3 Å². The summed E-state index contributed by atoms with van der Waals surface area (Å²) < 4.78 is 34.7. The molecule has 0 aliphatic heterocycles. The molecule has 2 N–H and O–H groups in total. The Morgan fingerprint density at radius 2 is 1.71 bits per heavy atom. The summed E-state index contributed by atoms with van der Waals surface area (Å²) in [5.41, 5.74) is 4.16. The quantitative estimate of drug-likeness (QED) is 0.511. The summed E-state index contributed by atoms with van der Waals surface area (Å²) in [6.45, 7) is 5.28. The van der Waals surface area contributed by atoms with Gasteiger partial charge in [0.1, 0.15) is 5.75 Å². The molecule has 0 saturated heterocycles. The number of rotatable bonds is 8. The van der Waals surface area contributed by atoms with Crippen molar-refractivity contribution in [2.24, 2.45) is 0 Å². The minimum Gasteiger partial charge on any atom is -0.483 e. The number of nitrogens with one attached hydrogen (secondary N) is 2. The van der Waals surface area contributed by atoms with Gasteiger partial charge in [0.05, 0.1) is 17.1 Å². The van der Waals surface area contributed by atoms with Crippen LogP contribution in [-0.2, 0) is 19.6 Å². The van der Waals surface area contributed by atoms with Crippen LogP contribution in [0, 0.1) is 13.8 Å². The van der Waals surface area contributed by atoms with Crippen LogP contribution in [0.25, 0.3) is 0 Å². The fourth-order valence-electron chi connectivity index (χ4n) is 2.21. The molecule has 0 saturated carbocycles. The molecular weight excluding hydrogens is 384 g/mol. The first-order valence-corrected chi connectivity index (χ1v) is 9.99. The Labute approximate surface area is 163 Å². The number of ether oxygens (including phenoxy) is 2. The molecule has 0 aliphatic carbocycles. The number of hydrogen-bond donors (Lipinski definition) is 2. The molecule has 0 heterocycles. The molecule has 2 aromatic rings. The summed E-state index contributed by atoms with van der Waals surface area (Å²) in [5.74, 6) is -0.656. The van der Waals surface area contributed by atoms with Gasteiger partial charge in [-0.1, -0.05) is 12.1 Å². The van der Waals surface area contributed by atoms with Crippen molar-refractivity contribution < 1.29 is 27.5 Å². The predicted molar refractivity (Wildman–Crippen MR) is 102 cm³/mol. The summed E-state index contributed by atoms with van der Waals surface area (Å²) in [6.07, 6.45) is 0. The van der Waals surface area contributed by atoms with E-state index in [1.807, 2.05) is 30.8 Å². The van der Waals surface area contributed by atoms with E-state index in [1.165, 1.54) is 24.3 Å². The molecule has 0 spiro atoms. The average Bonchev–Trinajstić information content (AvgIpc) is 2.67. The molecule has 0 radical (unpaired) electrons. The van der Waals surface area contributed by atoms with Crippen LogP contribution in [0.15, 0.2) is 47.4 Å². The maximum atomic E-state index is 12.2. The van der Waals surface area contributed by atoms with Crippen LogP contribution >= 0.6 is 0 Å². The lowest BCUT2D eigenvalue weighted by Gasteiger charge is -2.11. The molecule has 0 aromatic heterocycles. The largest absolute Gasteiger partial charge is 0.483 e. The van der Waals surface area contributed by atoms with Crippen LogP contribution in [0.5, 0.6) is 5.75 Å².